The van der Waals surface area contributed by atoms with Crippen molar-refractivity contribution in [1.29, 1.82) is 0 Å². The van der Waals surface area contributed by atoms with Crippen molar-refractivity contribution >= 4 is 16.8 Å². The summed E-state index contributed by atoms with van der Waals surface area (Å²) >= 11 is 5.42. The fourth-order valence-corrected chi connectivity index (χ4v) is 1.56. The third kappa shape index (κ3) is 4.27. The maximum Gasteiger partial charge on any atom is 0.252 e. The molecule has 94 valence electrons. The lowest BCUT2D eigenvalue weighted by atomic mass is 10.2. The summed E-state index contributed by atoms with van der Waals surface area (Å²) in [6.07, 6.45) is 3.25. The minimum Gasteiger partial charge on any atom is -0.493 e. The van der Waals surface area contributed by atoms with Crippen molar-refractivity contribution in [2.24, 2.45) is 0 Å². The molecule has 0 atom stereocenters. The van der Waals surface area contributed by atoms with E-state index in [1.165, 1.54) is 0 Å². The van der Waals surface area contributed by atoms with Crippen LogP contribution in [-0.2, 0) is 0 Å². The Morgan fingerprint density at radius 2 is 2.06 bits per heavy atom. The third-order valence-electron chi connectivity index (χ3n) is 2.40. The zero-order valence-electron chi connectivity index (χ0n) is 10.2. The van der Waals surface area contributed by atoms with Crippen molar-refractivity contribution in [3.05, 3.63) is 23.8 Å². The molecular weight excluding hydrogens is 240 g/mol. The van der Waals surface area contributed by atoms with Gasteiger partial charge in [-0.1, -0.05) is 19.8 Å². The third-order valence-corrected chi connectivity index (χ3v) is 2.61. The lowest BCUT2D eigenvalue weighted by molar-refractivity contribution is 0.108. The van der Waals surface area contributed by atoms with Crippen molar-refractivity contribution < 1.29 is 14.3 Å². The molecule has 17 heavy (non-hydrogen) atoms. The molecule has 0 aliphatic rings. The SMILES string of the molecule is CCCCCOc1cc(C(=O)Cl)ccc1OC. The van der Waals surface area contributed by atoms with Gasteiger partial charge in [-0.3, -0.25) is 4.79 Å². The van der Waals surface area contributed by atoms with Crippen molar-refractivity contribution in [3.8, 4) is 11.5 Å². The molecule has 0 amide bonds. The van der Waals surface area contributed by atoms with Gasteiger partial charge in [-0.15, -0.1) is 0 Å². The standard InChI is InChI=1S/C13H17ClO3/c1-3-4-5-8-17-12-9-10(13(14)15)6-7-11(12)16-2/h6-7,9H,3-5,8H2,1-2H3. The second kappa shape index (κ2) is 7.17. The molecule has 0 spiro atoms. The van der Waals surface area contributed by atoms with E-state index in [9.17, 15) is 4.79 Å². The van der Waals surface area contributed by atoms with Crippen molar-refractivity contribution in [3.63, 3.8) is 0 Å². The Labute approximate surface area is 107 Å². The van der Waals surface area contributed by atoms with Crippen LogP contribution < -0.4 is 9.47 Å². The number of halogens is 1. The highest BCUT2D eigenvalue weighted by atomic mass is 35.5. The average Bonchev–Trinajstić information content (AvgIpc) is 2.34. The van der Waals surface area contributed by atoms with E-state index in [0.29, 0.717) is 23.7 Å². The van der Waals surface area contributed by atoms with Gasteiger partial charge >= 0.3 is 0 Å². The number of unbranched alkanes of at least 4 members (excludes halogenated alkanes) is 2. The maximum atomic E-state index is 11.0. The molecule has 0 saturated heterocycles. The number of rotatable bonds is 7. The molecule has 0 aliphatic heterocycles. The zero-order valence-corrected chi connectivity index (χ0v) is 10.9. The van der Waals surface area contributed by atoms with E-state index in [0.717, 1.165) is 19.3 Å². The van der Waals surface area contributed by atoms with Crippen LogP contribution in [0.1, 0.15) is 36.5 Å². The van der Waals surface area contributed by atoms with Gasteiger partial charge in [0.15, 0.2) is 11.5 Å². The van der Waals surface area contributed by atoms with Gasteiger partial charge in [-0.25, -0.2) is 0 Å². The van der Waals surface area contributed by atoms with Crippen LogP contribution in [0.2, 0.25) is 0 Å². The van der Waals surface area contributed by atoms with E-state index in [-0.39, 0.29) is 0 Å². The quantitative estimate of drug-likeness (QED) is 0.552. The fraction of sp³-hybridized carbons (Fsp3) is 0.462. The van der Waals surface area contributed by atoms with E-state index in [2.05, 4.69) is 6.92 Å². The normalized spacial score (nSPS) is 10.1. The average molecular weight is 257 g/mol. The Kier molecular flexibility index (Phi) is 5.84. The number of ether oxygens (including phenoxy) is 2. The first-order valence-corrected chi connectivity index (χ1v) is 6.07. The molecule has 0 heterocycles. The number of benzene rings is 1. The molecule has 0 N–H and O–H groups in total. The van der Waals surface area contributed by atoms with Crippen molar-refractivity contribution in [1.82, 2.24) is 0 Å². The van der Waals surface area contributed by atoms with E-state index < -0.39 is 5.24 Å². The summed E-state index contributed by atoms with van der Waals surface area (Å²) in [5, 5.41) is -0.494. The highest BCUT2D eigenvalue weighted by molar-refractivity contribution is 6.67. The topological polar surface area (TPSA) is 35.5 Å². The van der Waals surface area contributed by atoms with Crippen molar-refractivity contribution in [2.75, 3.05) is 13.7 Å². The van der Waals surface area contributed by atoms with Gasteiger partial charge < -0.3 is 9.47 Å². The molecule has 4 heteroatoms. The highest BCUT2D eigenvalue weighted by Gasteiger charge is 2.09. The predicted octanol–water partition coefficient (Wildman–Crippen LogP) is 3.64. The Bertz CT molecular complexity index is 377. The number of carbonyl (C=O) groups is 1. The number of hydrogen-bond acceptors (Lipinski definition) is 3. The zero-order chi connectivity index (χ0) is 12.7. The fourth-order valence-electron chi connectivity index (χ4n) is 1.45. The molecule has 1 rings (SSSR count). The van der Waals surface area contributed by atoms with Gasteiger partial charge in [0.05, 0.1) is 13.7 Å². The van der Waals surface area contributed by atoms with E-state index in [1.54, 1.807) is 25.3 Å². The Balaban J connectivity index is 2.72. The second-order valence-electron chi connectivity index (χ2n) is 3.69. The largest absolute Gasteiger partial charge is 0.493 e. The van der Waals surface area contributed by atoms with E-state index in [4.69, 9.17) is 21.1 Å². The first-order chi connectivity index (χ1) is 8.19. The first-order valence-electron chi connectivity index (χ1n) is 5.69. The van der Waals surface area contributed by atoms with E-state index >= 15 is 0 Å². The summed E-state index contributed by atoms with van der Waals surface area (Å²) in [5.74, 6) is 1.18. The summed E-state index contributed by atoms with van der Waals surface area (Å²) in [6, 6.07) is 4.91. The van der Waals surface area contributed by atoms with Crippen LogP contribution in [0.5, 0.6) is 11.5 Å². The summed E-state index contributed by atoms with van der Waals surface area (Å²) in [7, 11) is 1.57. The Morgan fingerprint density at radius 1 is 1.29 bits per heavy atom. The Morgan fingerprint density at radius 3 is 2.65 bits per heavy atom. The minimum absolute atomic E-state index is 0.415. The number of carbonyl (C=O) groups excluding carboxylic acids is 1. The van der Waals surface area contributed by atoms with Crippen LogP contribution in [0, 0.1) is 0 Å². The van der Waals surface area contributed by atoms with Gasteiger partial charge in [0.2, 0.25) is 0 Å². The highest BCUT2D eigenvalue weighted by Crippen LogP contribution is 2.28. The number of hydrogen-bond donors (Lipinski definition) is 0. The van der Waals surface area contributed by atoms with Gasteiger partial charge in [0.1, 0.15) is 0 Å². The summed E-state index contributed by atoms with van der Waals surface area (Å²) in [4.78, 5) is 11.0. The number of methoxy groups -OCH3 is 1. The molecule has 0 bridgehead atoms. The first kappa shape index (κ1) is 13.8. The monoisotopic (exact) mass is 256 g/mol. The Hall–Kier alpha value is -1.22. The van der Waals surface area contributed by atoms with Gasteiger partial charge in [0.25, 0.3) is 5.24 Å². The molecule has 3 nitrogen and oxygen atoms in total. The molecular formula is C13H17ClO3. The summed E-state index contributed by atoms with van der Waals surface area (Å²) in [6.45, 7) is 2.75. The molecule has 0 radical (unpaired) electrons. The lowest BCUT2D eigenvalue weighted by Crippen LogP contribution is -2.00. The van der Waals surface area contributed by atoms with Crippen molar-refractivity contribution in [2.45, 2.75) is 26.2 Å². The van der Waals surface area contributed by atoms with E-state index in [1.807, 2.05) is 0 Å². The molecule has 0 aliphatic carbocycles. The predicted molar refractivity (Wildman–Crippen MR) is 68.2 cm³/mol. The van der Waals surface area contributed by atoms with Crippen LogP contribution in [0.15, 0.2) is 18.2 Å². The summed E-state index contributed by atoms with van der Waals surface area (Å²) in [5.41, 5.74) is 0.415. The molecule has 0 unspecified atom stereocenters. The van der Waals surface area contributed by atoms with Crippen LogP contribution in [0.3, 0.4) is 0 Å². The molecule has 0 fully saturated rings. The van der Waals surface area contributed by atoms with Gasteiger partial charge in [0, 0.05) is 5.56 Å². The second-order valence-corrected chi connectivity index (χ2v) is 4.04. The molecule has 0 aromatic heterocycles. The molecule has 1 aromatic carbocycles. The van der Waals surface area contributed by atoms with Gasteiger partial charge in [-0.2, -0.15) is 0 Å². The lowest BCUT2D eigenvalue weighted by Gasteiger charge is -2.11. The van der Waals surface area contributed by atoms with Gasteiger partial charge in [-0.05, 0) is 36.2 Å². The maximum absolute atomic E-state index is 11.0. The van der Waals surface area contributed by atoms with Crippen LogP contribution in [-0.4, -0.2) is 19.0 Å². The summed E-state index contributed by atoms with van der Waals surface area (Å²) < 4.78 is 10.7. The van der Waals surface area contributed by atoms with Crippen LogP contribution >= 0.6 is 11.6 Å². The van der Waals surface area contributed by atoms with Crippen LogP contribution in [0.25, 0.3) is 0 Å². The molecule has 0 saturated carbocycles. The minimum atomic E-state index is -0.494. The van der Waals surface area contributed by atoms with Crippen LogP contribution in [0.4, 0.5) is 0 Å². The smallest absolute Gasteiger partial charge is 0.252 e. The molecule has 1 aromatic rings.